The number of amides is 1. The molecule has 3 N–H and O–H groups in total. The Labute approximate surface area is 119 Å². The van der Waals surface area contributed by atoms with E-state index < -0.39 is 0 Å². The topological polar surface area (TPSA) is 64.4 Å². The van der Waals surface area contributed by atoms with E-state index in [1.165, 1.54) is 5.56 Å². The van der Waals surface area contributed by atoms with Gasteiger partial charge in [-0.15, -0.1) is 0 Å². The van der Waals surface area contributed by atoms with Crippen LogP contribution >= 0.6 is 0 Å². The zero-order chi connectivity index (χ0) is 13.9. The predicted molar refractivity (Wildman–Crippen MR) is 77.5 cm³/mol. The molecule has 0 saturated heterocycles. The lowest BCUT2D eigenvalue weighted by atomic mass is 9.95. The molecule has 4 heteroatoms. The average molecular weight is 274 g/mol. The first-order valence-electron chi connectivity index (χ1n) is 7.50. The molecule has 3 unspecified atom stereocenters. The Hall–Kier alpha value is -1.55. The summed E-state index contributed by atoms with van der Waals surface area (Å²) in [4.78, 5) is 12.2. The van der Waals surface area contributed by atoms with Crippen LogP contribution in [0, 0.1) is 11.8 Å². The lowest BCUT2D eigenvalue weighted by molar-refractivity contribution is -0.126. The molecule has 1 aliphatic heterocycles. The Morgan fingerprint density at radius 2 is 2.20 bits per heavy atom. The molecular weight excluding hydrogens is 252 g/mol. The Bertz CT molecular complexity index is 464. The van der Waals surface area contributed by atoms with Crippen molar-refractivity contribution in [3.05, 3.63) is 29.8 Å². The van der Waals surface area contributed by atoms with Crippen molar-refractivity contribution in [3.63, 3.8) is 0 Å². The molecule has 1 heterocycles. The maximum atomic E-state index is 12.2. The van der Waals surface area contributed by atoms with Gasteiger partial charge in [0.2, 0.25) is 5.91 Å². The lowest BCUT2D eigenvalue weighted by Crippen LogP contribution is -2.40. The summed E-state index contributed by atoms with van der Waals surface area (Å²) in [6, 6.07) is 8.06. The molecule has 4 nitrogen and oxygen atoms in total. The van der Waals surface area contributed by atoms with Crippen LogP contribution in [0.1, 0.15) is 24.8 Å². The van der Waals surface area contributed by atoms with Gasteiger partial charge in [0, 0.05) is 12.3 Å². The SMILES string of the molecule is NCC1CCCC1C(=O)NCC1Cc2ccccc2O1. The highest BCUT2D eigenvalue weighted by atomic mass is 16.5. The number of fused-ring (bicyclic) bond motifs is 1. The quantitative estimate of drug-likeness (QED) is 0.874. The van der Waals surface area contributed by atoms with E-state index in [1.807, 2.05) is 18.2 Å². The fraction of sp³-hybridized carbons (Fsp3) is 0.562. The average Bonchev–Trinajstić information content (AvgIpc) is 3.10. The third kappa shape index (κ3) is 2.66. The monoisotopic (exact) mass is 274 g/mol. The van der Waals surface area contributed by atoms with E-state index in [2.05, 4.69) is 11.4 Å². The molecule has 0 radical (unpaired) electrons. The van der Waals surface area contributed by atoms with Gasteiger partial charge in [-0.1, -0.05) is 24.6 Å². The number of rotatable bonds is 4. The van der Waals surface area contributed by atoms with Crippen molar-refractivity contribution < 1.29 is 9.53 Å². The number of nitrogens with two attached hydrogens (primary N) is 1. The van der Waals surface area contributed by atoms with E-state index in [0.29, 0.717) is 19.0 Å². The Morgan fingerprint density at radius 3 is 3.00 bits per heavy atom. The summed E-state index contributed by atoms with van der Waals surface area (Å²) in [5, 5.41) is 3.05. The smallest absolute Gasteiger partial charge is 0.223 e. The summed E-state index contributed by atoms with van der Waals surface area (Å²) in [6.45, 7) is 1.20. The van der Waals surface area contributed by atoms with Gasteiger partial charge in [-0.25, -0.2) is 0 Å². The van der Waals surface area contributed by atoms with Gasteiger partial charge in [-0.3, -0.25) is 4.79 Å². The van der Waals surface area contributed by atoms with Crippen LogP contribution in [0.15, 0.2) is 24.3 Å². The van der Waals surface area contributed by atoms with Gasteiger partial charge in [0.25, 0.3) is 0 Å². The minimum atomic E-state index is 0.0640. The van der Waals surface area contributed by atoms with Crippen molar-refractivity contribution in [1.29, 1.82) is 0 Å². The number of para-hydroxylation sites is 1. The third-order valence-electron chi connectivity index (χ3n) is 4.52. The van der Waals surface area contributed by atoms with Crippen molar-refractivity contribution in [2.24, 2.45) is 17.6 Å². The van der Waals surface area contributed by atoms with Gasteiger partial charge in [0.1, 0.15) is 11.9 Å². The second-order valence-electron chi connectivity index (χ2n) is 5.83. The molecule has 108 valence electrons. The van der Waals surface area contributed by atoms with Crippen LogP contribution in [-0.4, -0.2) is 25.1 Å². The summed E-state index contributed by atoms with van der Waals surface area (Å²) in [5.74, 6) is 1.56. The standard InChI is InChI=1S/C16H22N2O2/c17-9-12-5-3-6-14(12)16(19)18-10-13-8-11-4-1-2-7-15(11)20-13/h1-2,4,7,12-14H,3,5-6,8-10,17H2,(H,18,19). The number of carbonyl (C=O) groups is 1. The first-order valence-corrected chi connectivity index (χ1v) is 7.50. The fourth-order valence-electron chi connectivity index (χ4n) is 3.38. The third-order valence-corrected chi connectivity index (χ3v) is 4.52. The molecule has 2 aliphatic rings. The zero-order valence-corrected chi connectivity index (χ0v) is 11.7. The second-order valence-corrected chi connectivity index (χ2v) is 5.83. The molecule has 20 heavy (non-hydrogen) atoms. The number of ether oxygens (including phenoxy) is 1. The van der Waals surface area contributed by atoms with Crippen LogP contribution in [0.2, 0.25) is 0 Å². The molecule has 1 saturated carbocycles. The molecular formula is C16H22N2O2. The molecule has 0 spiro atoms. The molecule has 1 aromatic carbocycles. The maximum Gasteiger partial charge on any atom is 0.223 e. The molecule has 0 bridgehead atoms. The summed E-state index contributed by atoms with van der Waals surface area (Å²) in [6.07, 6.45) is 4.11. The van der Waals surface area contributed by atoms with Crippen LogP contribution in [0.5, 0.6) is 5.75 Å². The zero-order valence-electron chi connectivity index (χ0n) is 11.7. The van der Waals surface area contributed by atoms with E-state index in [1.54, 1.807) is 0 Å². The van der Waals surface area contributed by atoms with Crippen molar-refractivity contribution in [2.75, 3.05) is 13.1 Å². The first kappa shape index (κ1) is 13.4. The molecule has 3 atom stereocenters. The highest BCUT2D eigenvalue weighted by Crippen LogP contribution is 2.31. The fourth-order valence-corrected chi connectivity index (χ4v) is 3.38. The van der Waals surface area contributed by atoms with E-state index in [9.17, 15) is 4.79 Å². The number of benzene rings is 1. The number of carbonyl (C=O) groups excluding carboxylic acids is 1. The van der Waals surface area contributed by atoms with Gasteiger partial charge in [-0.2, -0.15) is 0 Å². The minimum absolute atomic E-state index is 0.0640. The maximum absolute atomic E-state index is 12.2. The van der Waals surface area contributed by atoms with Gasteiger partial charge < -0.3 is 15.8 Å². The summed E-state index contributed by atoms with van der Waals surface area (Å²) in [7, 11) is 0. The lowest BCUT2D eigenvalue weighted by Gasteiger charge is -2.19. The van der Waals surface area contributed by atoms with Gasteiger partial charge in [-0.05, 0) is 36.9 Å². The van der Waals surface area contributed by atoms with E-state index in [4.69, 9.17) is 10.5 Å². The second kappa shape index (κ2) is 5.83. The van der Waals surface area contributed by atoms with E-state index >= 15 is 0 Å². The van der Waals surface area contributed by atoms with Crippen LogP contribution in [0.4, 0.5) is 0 Å². The molecule has 1 aromatic rings. The molecule has 1 aliphatic carbocycles. The largest absolute Gasteiger partial charge is 0.488 e. The van der Waals surface area contributed by atoms with Gasteiger partial charge >= 0.3 is 0 Å². The van der Waals surface area contributed by atoms with Crippen molar-refractivity contribution >= 4 is 5.91 Å². The normalized spacial score (nSPS) is 27.9. The van der Waals surface area contributed by atoms with Crippen LogP contribution in [-0.2, 0) is 11.2 Å². The summed E-state index contributed by atoms with van der Waals surface area (Å²) < 4.78 is 5.83. The van der Waals surface area contributed by atoms with E-state index in [-0.39, 0.29) is 17.9 Å². The highest BCUT2D eigenvalue weighted by Gasteiger charge is 2.32. The minimum Gasteiger partial charge on any atom is -0.488 e. The van der Waals surface area contributed by atoms with Crippen LogP contribution in [0.3, 0.4) is 0 Å². The van der Waals surface area contributed by atoms with Crippen molar-refractivity contribution in [2.45, 2.75) is 31.8 Å². The summed E-state index contributed by atoms with van der Waals surface area (Å²) in [5.41, 5.74) is 6.96. The molecule has 1 fully saturated rings. The molecule has 1 amide bonds. The summed E-state index contributed by atoms with van der Waals surface area (Å²) >= 11 is 0. The van der Waals surface area contributed by atoms with Crippen molar-refractivity contribution in [1.82, 2.24) is 5.32 Å². The van der Waals surface area contributed by atoms with Crippen LogP contribution in [0.25, 0.3) is 0 Å². The van der Waals surface area contributed by atoms with Gasteiger partial charge in [0.05, 0.1) is 6.54 Å². The Kier molecular flexibility index (Phi) is 3.92. The number of hydrogen-bond donors (Lipinski definition) is 2. The Morgan fingerprint density at radius 1 is 1.35 bits per heavy atom. The Balaban J connectivity index is 1.50. The van der Waals surface area contributed by atoms with Crippen molar-refractivity contribution in [3.8, 4) is 5.75 Å². The molecule has 0 aromatic heterocycles. The number of nitrogens with one attached hydrogen (secondary N) is 1. The highest BCUT2D eigenvalue weighted by molar-refractivity contribution is 5.79. The number of hydrogen-bond acceptors (Lipinski definition) is 3. The molecule has 3 rings (SSSR count). The van der Waals surface area contributed by atoms with Gasteiger partial charge in [0.15, 0.2) is 0 Å². The first-order chi connectivity index (χ1) is 9.78. The van der Waals surface area contributed by atoms with E-state index in [0.717, 1.165) is 31.4 Å². The van der Waals surface area contributed by atoms with Crippen LogP contribution < -0.4 is 15.8 Å². The predicted octanol–water partition coefficient (Wildman–Crippen LogP) is 1.48.